The van der Waals surface area contributed by atoms with Crippen LogP contribution in [0, 0.1) is 28.4 Å². The normalized spacial score (nSPS) is 29.6. The van der Waals surface area contributed by atoms with E-state index in [1.807, 2.05) is 13.8 Å². The number of hydrogen-bond donors (Lipinski definition) is 2. The Labute approximate surface area is 152 Å². The first-order valence-electron chi connectivity index (χ1n) is 8.16. The van der Waals surface area contributed by atoms with Crippen molar-refractivity contribution in [2.24, 2.45) is 17.1 Å². The zero-order valence-corrected chi connectivity index (χ0v) is 15.4. The first kappa shape index (κ1) is 19.6. The van der Waals surface area contributed by atoms with Crippen LogP contribution in [0.5, 0.6) is 0 Å². The lowest BCUT2D eigenvalue weighted by Crippen LogP contribution is -2.81. The van der Waals surface area contributed by atoms with Crippen molar-refractivity contribution < 1.29 is 14.5 Å². The van der Waals surface area contributed by atoms with Gasteiger partial charge in [-0.25, -0.2) is 0 Å². The topological polar surface area (TPSA) is 107 Å². The summed E-state index contributed by atoms with van der Waals surface area (Å²) >= 11 is 0. The molecule has 3 N–H and O–H groups in total. The second-order valence-electron chi connectivity index (χ2n) is 7.34. The summed E-state index contributed by atoms with van der Waals surface area (Å²) in [5.41, 5.74) is 5.91. The zero-order chi connectivity index (χ0) is 17.7. The van der Waals surface area contributed by atoms with E-state index in [4.69, 9.17) is 10.5 Å². The lowest BCUT2D eigenvalue weighted by Gasteiger charge is -2.65. The molecule has 0 aromatic heterocycles. The number of halogens is 1. The molecule has 7 nitrogen and oxygen atoms in total. The van der Waals surface area contributed by atoms with E-state index >= 15 is 0 Å². The standard InChI is InChI=1S/C17H23N3O4.ClH/c1-10-6-7-11(9-13(10)20(22)23)19-15(21)17(18)12-5-4-8-24-14(12)16(17,2)3;/h6-7,9,12,14H,4-5,8,18H2,1-3H3,(H,19,21);1H. The van der Waals surface area contributed by atoms with Crippen molar-refractivity contribution in [2.75, 3.05) is 11.9 Å². The van der Waals surface area contributed by atoms with Crippen molar-refractivity contribution in [2.45, 2.75) is 45.3 Å². The number of nitrogens with zero attached hydrogens (tertiary/aromatic N) is 1. The van der Waals surface area contributed by atoms with Gasteiger partial charge in [-0.1, -0.05) is 19.9 Å². The molecule has 1 aliphatic carbocycles. The van der Waals surface area contributed by atoms with Gasteiger partial charge in [-0.05, 0) is 25.8 Å². The van der Waals surface area contributed by atoms with Crippen LogP contribution in [0.1, 0.15) is 32.3 Å². The van der Waals surface area contributed by atoms with Gasteiger partial charge in [-0.3, -0.25) is 14.9 Å². The third-order valence-electron chi connectivity index (χ3n) is 5.72. The molecule has 3 unspecified atom stereocenters. The number of nitro groups is 1. The number of aryl methyl sites for hydroxylation is 1. The number of carbonyl (C=O) groups is 1. The molecule has 0 radical (unpaired) electrons. The van der Waals surface area contributed by atoms with Gasteiger partial charge in [0.25, 0.3) is 5.69 Å². The smallest absolute Gasteiger partial charge is 0.274 e. The van der Waals surface area contributed by atoms with E-state index in [0.717, 1.165) is 12.8 Å². The molecule has 3 atom stereocenters. The molecule has 1 heterocycles. The van der Waals surface area contributed by atoms with Crippen molar-refractivity contribution in [3.05, 3.63) is 33.9 Å². The second kappa shape index (κ2) is 6.55. The minimum atomic E-state index is -1.04. The van der Waals surface area contributed by atoms with Crippen molar-refractivity contribution in [3.8, 4) is 0 Å². The first-order chi connectivity index (χ1) is 11.2. The number of anilines is 1. The highest BCUT2D eigenvalue weighted by atomic mass is 35.5. The van der Waals surface area contributed by atoms with Crippen LogP contribution in [0.25, 0.3) is 0 Å². The van der Waals surface area contributed by atoms with Crippen molar-refractivity contribution in [1.82, 2.24) is 0 Å². The minimum Gasteiger partial charge on any atom is -0.377 e. The average Bonchev–Trinajstić information content (AvgIpc) is 2.55. The molecule has 1 saturated carbocycles. The molecule has 0 spiro atoms. The van der Waals surface area contributed by atoms with Gasteiger partial charge < -0.3 is 15.8 Å². The molecule has 3 rings (SSSR count). The largest absolute Gasteiger partial charge is 0.377 e. The first-order valence-corrected chi connectivity index (χ1v) is 8.16. The van der Waals surface area contributed by atoms with Crippen LogP contribution in [-0.2, 0) is 9.53 Å². The van der Waals surface area contributed by atoms with E-state index in [1.165, 1.54) is 6.07 Å². The molecule has 138 valence electrons. The molecule has 1 aromatic carbocycles. The van der Waals surface area contributed by atoms with Crippen molar-refractivity contribution >= 4 is 29.7 Å². The zero-order valence-electron chi connectivity index (χ0n) is 14.6. The number of nitrogens with one attached hydrogen (secondary N) is 1. The number of carbonyl (C=O) groups excluding carboxylic acids is 1. The van der Waals surface area contributed by atoms with Gasteiger partial charge in [-0.2, -0.15) is 0 Å². The van der Waals surface area contributed by atoms with Gasteiger partial charge in [-0.15, -0.1) is 12.4 Å². The summed E-state index contributed by atoms with van der Waals surface area (Å²) in [6.07, 6.45) is 1.72. The lowest BCUT2D eigenvalue weighted by molar-refractivity contribution is -0.385. The van der Waals surface area contributed by atoms with Crippen LogP contribution in [-0.4, -0.2) is 29.1 Å². The molecule has 1 aromatic rings. The number of hydrogen-bond acceptors (Lipinski definition) is 5. The molecule has 8 heteroatoms. The highest BCUT2D eigenvalue weighted by Crippen LogP contribution is 2.57. The molecule has 0 bridgehead atoms. The third-order valence-corrected chi connectivity index (χ3v) is 5.72. The van der Waals surface area contributed by atoms with E-state index in [-0.39, 0.29) is 36.0 Å². The summed E-state index contributed by atoms with van der Waals surface area (Å²) in [6.45, 7) is 6.24. The summed E-state index contributed by atoms with van der Waals surface area (Å²) in [6, 6.07) is 4.65. The predicted octanol–water partition coefficient (Wildman–Crippen LogP) is 2.80. The molecule has 25 heavy (non-hydrogen) atoms. The predicted molar refractivity (Wildman–Crippen MR) is 96.9 cm³/mol. The number of benzene rings is 1. The molecular weight excluding hydrogens is 346 g/mol. The maximum absolute atomic E-state index is 12.9. The van der Waals surface area contributed by atoms with Gasteiger partial charge in [0, 0.05) is 35.3 Å². The van der Waals surface area contributed by atoms with Crippen molar-refractivity contribution in [1.29, 1.82) is 0 Å². The van der Waals surface area contributed by atoms with Gasteiger partial charge in [0.1, 0.15) is 5.54 Å². The van der Waals surface area contributed by atoms with E-state index in [2.05, 4.69) is 5.32 Å². The average molecular weight is 370 g/mol. The number of nitrogens with two attached hydrogens (primary N) is 1. The van der Waals surface area contributed by atoms with Gasteiger partial charge in [0.2, 0.25) is 5.91 Å². The number of fused-ring (bicyclic) bond motifs is 1. The van der Waals surface area contributed by atoms with Crippen LogP contribution in [0.2, 0.25) is 0 Å². The van der Waals surface area contributed by atoms with Crippen LogP contribution >= 0.6 is 12.4 Å². The fraction of sp³-hybridized carbons (Fsp3) is 0.588. The molecular formula is C17H24ClN3O4. The van der Waals surface area contributed by atoms with Crippen LogP contribution in [0.3, 0.4) is 0 Å². The quantitative estimate of drug-likeness (QED) is 0.629. The van der Waals surface area contributed by atoms with Crippen LogP contribution < -0.4 is 11.1 Å². The Hall–Kier alpha value is -1.70. The number of amides is 1. The molecule has 1 saturated heterocycles. The van der Waals surface area contributed by atoms with E-state index in [1.54, 1.807) is 19.1 Å². The minimum absolute atomic E-state index is 0. The Morgan fingerprint density at radius 2 is 2.12 bits per heavy atom. The highest BCUT2D eigenvalue weighted by molar-refractivity contribution is 6.00. The molecule has 1 aliphatic heterocycles. The maximum atomic E-state index is 12.9. The Morgan fingerprint density at radius 3 is 2.76 bits per heavy atom. The van der Waals surface area contributed by atoms with Crippen LogP contribution in [0.4, 0.5) is 11.4 Å². The van der Waals surface area contributed by atoms with Crippen molar-refractivity contribution in [3.63, 3.8) is 0 Å². The summed E-state index contributed by atoms with van der Waals surface area (Å²) < 4.78 is 5.80. The Morgan fingerprint density at radius 1 is 1.44 bits per heavy atom. The summed E-state index contributed by atoms with van der Waals surface area (Å²) in [7, 11) is 0. The number of ether oxygens (including phenoxy) is 1. The third kappa shape index (κ3) is 2.80. The summed E-state index contributed by atoms with van der Waals surface area (Å²) in [5.74, 6) is -0.334. The maximum Gasteiger partial charge on any atom is 0.274 e. The summed E-state index contributed by atoms with van der Waals surface area (Å²) in [4.78, 5) is 23.5. The van der Waals surface area contributed by atoms with Crippen LogP contribution in [0.15, 0.2) is 18.2 Å². The number of rotatable bonds is 3. The fourth-order valence-corrected chi connectivity index (χ4v) is 4.16. The second-order valence-corrected chi connectivity index (χ2v) is 7.34. The fourth-order valence-electron chi connectivity index (χ4n) is 4.16. The molecule has 2 aliphatic rings. The van der Waals surface area contributed by atoms with E-state index < -0.39 is 15.9 Å². The highest BCUT2D eigenvalue weighted by Gasteiger charge is 2.70. The Balaban J connectivity index is 0.00000225. The molecule has 2 fully saturated rings. The van der Waals surface area contributed by atoms with E-state index in [0.29, 0.717) is 17.9 Å². The number of nitro benzene ring substituents is 1. The lowest BCUT2D eigenvalue weighted by atomic mass is 9.46. The Bertz CT molecular complexity index is 709. The monoisotopic (exact) mass is 369 g/mol. The van der Waals surface area contributed by atoms with Gasteiger partial charge in [0.15, 0.2) is 0 Å². The van der Waals surface area contributed by atoms with E-state index in [9.17, 15) is 14.9 Å². The van der Waals surface area contributed by atoms with Gasteiger partial charge >= 0.3 is 0 Å². The SMILES string of the molecule is Cc1ccc(NC(=O)C2(N)C3CCCOC3C2(C)C)cc1[N+](=O)[O-].Cl. The molecule has 1 amide bonds. The van der Waals surface area contributed by atoms with Gasteiger partial charge in [0.05, 0.1) is 11.0 Å². The summed E-state index contributed by atoms with van der Waals surface area (Å²) in [5, 5.41) is 13.8. The Kier molecular flexibility index (Phi) is 5.14.